The maximum atomic E-state index is 14.1. The minimum atomic E-state index is -0.234. The first-order valence-electron chi connectivity index (χ1n) is 6.94. The average molecular weight is 263 g/mol. The van der Waals surface area contributed by atoms with E-state index in [1.807, 2.05) is 12.1 Å². The van der Waals surface area contributed by atoms with Crippen molar-refractivity contribution >= 4 is 11.0 Å². The number of halogens is 1. The van der Waals surface area contributed by atoms with Crippen LogP contribution in [0.15, 0.2) is 16.5 Å². The second kappa shape index (κ2) is 5.74. The van der Waals surface area contributed by atoms with Crippen LogP contribution in [0.4, 0.5) is 4.39 Å². The number of furan rings is 1. The maximum absolute atomic E-state index is 14.1. The molecule has 0 amide bonds. The number of nitrogens with one attached hydrogen (secondary N) is 1. The van der Waals surface area contributed by atoms with Crippen LogP contribution in [0.2, 0.25) is 0 Å². The molecule has 2 rings (SSSR count). The minimum absolute atomic E-state index is 0.234. The van der Waals surface area contributed by atoms with Gasteiger partial charge in [-0.2, -0.15) is 0 Å². The highest BCUT2D eigenvalue weighted by Crippen LogP contribution is 2.29. The molecule has 0 saturated heterocycles. The second-order valence-electron chi connectivity index (χ2n) is 5.46. The number of benzene rings is 1. The van der Waals surface area contributed by atoms with Crippen LogP contribution in [0.1, 0.15) is 37.7 Å². The van der Waals surface area contributed by atoms with Crippen molar-refractivity contribution < 1.29 is 8.81 Å². The average Bonchev–Trinajstić information content (AvgIpc) is 2.72. The van der Waals surface area contributed by atoms with E-state index in [0.29, 0.717) is 23.6 Å². The van der Waals surface area contributed by atoms with Gasteiger partial charge in [-0.15, -0.1) is 0 Å². The van der Waals surface area contributed by atoms with Gasteiger partial charge in [0.25, 0.3) is 0 Å². The first kappa shape index (κ1) is 14.1. The van der Waals surface area contributed by atoms with E-state index in [1.54, 1.807) is 6.92 Å². The van der Waals surface area contributed by atoms with Crippen molar-refractivity contribution in [3.8, 4) is 0 Å². The van der Waals surface area contributed by atoms with Crippen LogP contribution in [-0.4, -0.2) is 6.54 Å². The molecular formula is C16H22FNO. The molecule has 0 fully saturated rings. The molecule has 0 aliphatic heterocycles. The van der Waals surface area contributed by atoms with Gasteiger partial charge in [-0.1, -0.05) is 32.9 Å². The van der Waals surface area contributed by atoms with Gasteiger partial charge < -0.3 is 9.73 Å². The van der Waals surface area contributed by atoms with Crippen molar-refractivity contribution in [2.24, 2.45) is 5.92 Å². The Bertz CT molecular complexity index is 572. The van der Waals surface area contributed by atoms with Crippen LogP contribution in [0.25, 0.3) is 11.0 Å². The van der Waals surface area contributed by atoms with Gasteiger partial charge in [-0.25, -0.2) is 4.39 Å². The lowest BCUT2D eigenvalue weighted by Crippen LogP contribution is -2.19. The van der Waals surface area contributed by atoms with E-state index in [0.717, 1.165) is 29.7 Å². The van der Waals surface area contributed by atoms with Crippen molar-refractivity contribution in [3.63, 3.8) is 0 Å². The largest absolute Gasteiger partial charge is 0.456 e. The van der Waals surface area contributed by atoms with Gasteiger partial charge in [0.15, 0.2) is 11.4 Å². The summed E-state index contributed by atoms with van der Waals surface area (Å²) in [6.07, 6.45) is 0.855. The third kappa shape index (κ3) is 2.81. The molecule has 0 radical (unpaired) electrons. The van der Waals surface area contributed by atoms with Crippen LogP contribution in [0, 0.1) is 18.7 Å². The predicted molar refractivity (Wildman–Crippen MR) is 76.8 cm³/mol. The Morgan fingerprint density at radius 3 is 2.68 bits per heavy atom. The van der Waals surface area contributed by atoms with Gasteiger partial charge >= 0.3 is 0 Å². The van der Waals surface area contributed by atoms with Crippen LogP contribution in [0.3, 0.4) is 0 Å². The molecule has 0 spiro atoms. The standard InChI is InChI=1S/C16H22FNO/c1-5-12-13-7-6-11(4)15(17)16(13)19-14(12)9-18-8-10(2)3/h6-7,10,18H,5,8-9H2,1-4H3. The molecule has 1 aromatic carbocycles. The highest BCUT2D eigenvalue weighted by atomic mass is 19.1. The monoisotopic (exact) mass is 263 g/mol. The third-order valence-corrected chi connectivity index (χ3v) is 3.37. The zero-order chi connectivity index (χ0) is 14.0. The molecule has 0 unspecified atom stereocenters. The quantitative estimate of drug-likeness (QED) is 0.875. The summed E-state index contributed by atoms with van der Waals surface area (Å²) in [5, 5.41) is 4.26. The molecule has 19 heavy (non-hydrogen) atoms. The zero-order valence-corrected chi connectivity index (χ0v) is 12.1. The second-order valence-corrected chi connectivity index (χ2v) is 5.46. The summed E-state index contributed by atoms with van der Waals surface area (Å²) in [5.74, 6) is 1.22. The summed E-state index contributed by atoms with van der Waals surface area (Å²) in [6, 6.07) is 3.78. The lowest BCUT2D eigenvalue weighted by molar-refractivity contribution is 0.470. The molecule has 1 aromatic heterocycles. The molecule has 2 nitrogen and oxygen atoms in total. The van der Waals surface area contributed by atoms with Crippen molar-refractivity contribution in [2.45, 2.75) is 40.7 Å². The Hall–Kier alpha value is -1.35. The Morgan fingerprint density at radius 1 is 1.32 bits per heavy atom. The molecule has 0 aliphatic carbocycles. The lowest BCUT2D eigenvalue weighted by atomic mass is 10.1. The van der Waals surface area contributed by atoms with E-state index >= 15 is 0 Å². The predicted octanol–water partition coefficient (Wildman–Crippen LogP) is 4.19. The molecule has 3 heteroatoms. The number of fused-ring (bicyclic) bond motifs is 1. The highest BCUT2D eigenvalue weighted by Gasteiger charge is 2.16. The summed E-state index contributed by atoms with van der Waals surface area (Å²) in [7, 11) is 0. The summed E-state index contributed by atoms with van der Waals surface area (Å²) >= 11 is 0. The first-order valence-corrected chi connectivity index (χ1v) is 6.94. The summed E-state index contributed by atoms with van der Waals surface area (Å²) in [4.78, 5) is 0. The number of hydrogen-bond donors (Lipinski definition) is 1. The minimum Gasteiger partial charge on any atom is -0.456 e. The lowest BCUT2D eigenvalue weighted by Gasteiger charge is -2.06. The van der Waals surface area contributed by atoms with Crippen LogP contribution in [0.5, 0.6) is 0 Å². The van der Waals surface area contributed by atoms with Crippen molar-refractivity contribution in [1.29, 1.82) is 0 Å². The van der Waals surface area contributed by atoms with Gasteiger partial charge in [0.2, 0.25) is 0 Å². The number of hydrogen-bond acceptors (Lipinski definition) is 2. The Balaban J connectivity index is 2.35. The summed E-state index contributed by atoms with van der Waals surface area (Å²) in [5.41, 5.74) is 2.15. The molecule has 104 valence electrons. The SMILES string of the molecule is CCc1c(CNCC(C)C)oc2c(F)c(C)ccc12. The highest BCUT2D eigenvalue weighted by molar-refractivity contribution is 5.83. The molecule has 0 bridgehead atoms. The molecule has 0 saturated carbocycles. The van der Waals surface area contributed by atoms with Crippen LogP contribution < -0.4 is 5.32 Å². The Morgan fingerprint density at radius 2 is 2.05 bits per heavy atom. The fraction of sp³-hybridized carbons (Fsp3) is 0.500. The molecule has 1 heterocycles. The van der Waals surface area contributed by atoms with E-state index in [9.17, 15) is 4.39 Å². The van der Waals surface area contributed by atoms with Gasteiger partial charge in [-0.3, -0.25) is 0 Å². The van der Waals surface area contributed by atoms with Crippen molar-refractivity contribution in [2.75, 3.05) is 6.54 Å². The number of aryl methyl sites for hydroxylation is 2. The molecule has 1 N–H and O–H groups in total. The summed E-state index contributed by atoms with van der Waals surface area (Å²) < 4.78 is 19.8. The summed E-state index contributed by atoms with van der Waals surface area (Å²) in [6.45, 7) is 9.76. The van der Waals surface area contributed by atoms with E-state index in [1.165, 1.54) is 0 Å². The first-order chi connectivity index (χ1) is 9.04. The third-order valence-electron chi connectivity index (χ3n) is 3.37. The van der Waals surface area contributed by atoms with E-state index in [4.69, 9.17) is 4.42 Å². The Kier molecular flexibility index (Phi) is 4.25. The van der Waals surface area contributed by atoms with E-state index in [-0.39, 0.29) is 5.82 Å². The van der Waals surface area contributed by atoms with Gasteiger partial charge in [0.1, 0.15) is 5.76 Å². The van der Waals surface area contributed by atoms with Crippen molar-refractivity contribution in [1.82, 2.24) is 5.32 Å². The Labute approximate surface area is 114 Å². The van der Waals surface area contributed by atoms with Gasteiger partial charge in [-0.05, 0) is 31.4 Å². The molecule has 0 atom stereocenters. The smallest absolute Gasteiger partial charge is 0.170 e. The topological polar surface area (TPSA) is 25.2 Å². The fourth-order valence-corrected chi connectivity index (χ4v) is 2.33. The van der Waals surface area contributed by atoms with Gasteiger partial charge in [0, 0.05) is 10.9 Å². The maximum Gasteiger partial charge on any atom is 0.170 e. The fourth-order valence-electron chi connectivity index (χ4n) is 2.33. The molecular weight excluding hydrogens is 241 g/mol. The van der Waals surface area contributed by atoms with Gasteiger partial charge in [0.05, 0.1) is 6.54 Å². The zero-order valence-electron chi connectivity index (χ0n) is 12.1. The van der Waals surface area contributed by atoms with E-state index < -0.39 is 0 Å². The molecule has 0 aliphatic rings. The van der Waals surface area contributed by atoms with Crippen LogP contribution >= 0.6 is 0 Å². The van der Waals surface area contributed by atoms with E-state index in [2.05, 4.69) is 26.1 Å². The number of rotatable bonds is 5. The molecule has 2 aromatic rings. The van der Waals surface area contributed by atoms with Crippen LogP contribution in [-0.2, 0) is 13.0 Å². The van der Waals surface area contributed by atoms with Crippen molar-refractivity contribution in [3.05, 3.63) is 34.8 Å². The normalized spacial score (nSPS) is 11.7.